The molecule has 4 heavy (non-hydrogen) atoms. The third kappa shape index (κ3) is 10.4. The number of hydrogen-bond donors (Lipinski definition) is 0. The number of rotatable bonds is 0. The predicted molar refractivity (Wildman–Crippen MR) is 18.4 cm³/mol. The van der Waals surface area contributed by atoms with Crippen LogP contribution in [0.5, 0.6) is 0 Å². The zero-order valence-corrected chi connectivity index (χ0v) is 4.33. The maximum absolute atomic E-state index is 4.89. The van der Waals surface area contributed by atoms with Crippen LogP contribution in [0.15, 0.2) is 0 Å². The second kappa shape index (κ2) is 8.85. The zero-order valence-electron chi connectivity index (χ0n) is 1.26. The molecule has 0 saturated carbocycles. The Morgan fingerprint density at radius 3 is 1.25 bits per heavy atom. The second-order valence-corrected chi connectivity index (χ2v) is 2.65. The van der Waals surface area contributed by atoms with Gasteiger partial charge in [-0.1, -0.05) is 7.43 Å². The molecule has 3 heteroatoms. The van der Waals surface area contributed by atoms with Crippen LogP contribution in [-0.4, -0.2) is 0 Å². The van der Waals surface area contributed by atoms with Gasteiger partial charge in [0, 0.05) is 0 Å². The fourth-order valence-electron chi connectivity index (χ4n) is 0. The van der Waals surface area contributed by atoms with E-state index in [2.05, 4.69) is 0 Å². The molecule has 0 amide bonds. The first-order valence-corrected chi connectivity index (χ1v) is 4.68. The summed E-state index contributed by atoms with van der Waals surface area (Å²) in [5.74, 6) is 0. The minimum absolute atomic E-state index is 0. The summed E-state index contributed by atoms with van der Waals surface area (Å²) in [6, 6.07) is 0. The third-order valence-corrected chi connectivity index (χ3v) is 0. The van der Waals surface area contributed by atoms with E-state index >= 15 is 0 Å². The molecule has 0 fully saturated rings. The van der Waals surface area contributed by atoms with Crippen LogP contribution in [0.25, 0.3) is 0 Å². The molecule has 0 aromatic rings. The van der Waals surface area contributed by atoms with E-state index in [1.54, 1.807) is 0 Å². The normalized spacial score (nSPS) is 3.50. The van der Waals surface area contributed by atoms with E-state index in [9.17, 15) is 0 Å². The Balaban J connectivity index is 0. The van der Waals surface area contributed by atoms with E-state index in [1.807, 2.05) is 0 Å². The minimum atomic E-state index is -0.556. The predicted octanol–water partition coefficient (Wildman–Crippen LogP) is 2.01. The van der Waals surface area contributed by atoms with Crippen molar-refractivity contribution >= 4 is 18.6 Å². The summed E-state index contributed by atoms with van der Waals surface area (Å²) in [7, 11) is 9.78. The summed E-state index contributed by atoms with van der Waals surface area (Å²) < 4.78 is 0. The quantitative estimate of drug-likeness (QED) is 0.445. The van der Waals surface area contributed by atoms with Gasteiger partial charge in [0.05, 0.1) is 0 Å². The summed E-state index contributed by atoms with van der Waals surface area (Å²) in [6.07, 6.45) is 0. The molecule has 0 rings (SSSR count). The summed E-state index contributed by atoms with van der Waals surface area (Å²) >= 11 is -0.556. The zero-order chi connectivity index (χ0) is 2.71. The van der Waals surface area contributed by atoms with Gasteiger partial charge in [0.2, 0.25) is 0 Å². The van der Waals surface area contributed by atoms with Gasteiger partial charge in [-0.3, -0.25) is 0 Å². The molecule has 0 radical (unpaired) electrons. The molecule has 0 aliphatic rings. The molecular weight excluding hydrogens is 131 g/mol. The van der Waals surface area contributed by atoms with Gasteiger partial charge in [0.25, 0.3) is 0 Å². The Kier molecular flexibility index (Phi) is 19.9. The number of halogens is 2. The van der Waals surface area contributed by atoms with Crippen molar-refractivity contribution < 1.29 is 17.0 Å². The van der Waals surface area contributed by atoms with E-state index < -0.39 is 17.0 Å². The van der Waals surface area contributed by atoms with Crippen LogP contribution in [0.1, 0.15) is 7.43 Å². The van der Waals surface area contributed by atoms with Crippen LogP contribution in [0.3, 0.4) is 0 Å². The molecule has 0 nitrogen and oxygen atoms in total. The van der Waals surface area contributed by atoms with Crippen LogP contribution in [-0.2, 0) is 17.0 Å². The van der Waals surface area contributed by atoms with Crippen LogP contribution in [0, 0.1) is 0 Å². The molecule has 26 valence electrons. The first-order chi connectivity index (χ1) is 1.41. The molecule has 0 aromatic carbocycles. The average Bonchev–Trinajstić information content (AvgIpc) is 0.918. The Morgan fingerprint density at radius 2 is 1.25 bits per heavy atom. The van der Waals surface area contributed by atoms with Gasteiger partial charge in [-0.2, -0.15) is 0 Å². The van der Waals surface area contributed by atoms with Crippen LogP contribution in [0.2, 0.25) is 0 Å². The van der Waals surface area contributed by atoms with Gasteiger partial charge in [-0.25, -0.2) is 0 Å². The molecule has 0 heterocycles. The molecule has 0 atom stereocenters. The monoisotopic (exact) mass is 134 g/mol. The summed E-state index contributed by atoms with van der Waals surface area (Å²) in [6.45, 7) is 0. The van der Waals surface area contributed by atoms with Crippen molar-refractivity contribution in [2.45, 2.75) is 7.43 Å². The van der Waals surface area contributed by atoms with E-state index in [4.69, 9.17) is 18.6 Å². The number of hydrogen-bond acceptors (Lipinski definition) is 0. The van der Waals surface area contributed by atoms with Gasteiger partial charge < -0.3 is 0 Å². The Labute approximate surface area is 43.2 Å². The molecule has 0 aliphatic heterocycles. The van der Waals surface area contributed by atoms with Crippen molar-refractivity contribution in [3.63, 3.8) is 0 Å². The third-order valence-electron chi connectivity index (χ3n) is 0. The fourth-order valence-corrected chi connectivity index (χ4v) is 0. The first kappa shape index (κ1) is 9.00. The topological polar surface area (TPSA) is 0 Å². The standard InChI is InChI=1S/CH4.2ClH.Ti/h1H4;2*1H;/q;;;+2/p-2. The Hall–Kier alpha value is 1.29. The second-order valence-electron chi connectivity index (χ2n) is 0.0714. The van der Waals surface area contributed by atoms with Gasteiger partial charge in [-0.05, 0) is 0 Å². The summed E-state index contributed by atoms with van der Waals surface area (Å²) in [5.41, 5.74) is 0. The Bertz CT molecular complexity index is 6.00. The van der Waals surface area contributed by atoms with Crippen molar-refractivity contribution in [3.05, 3.63) is 0 Å². The van der Waals surface area contributed by atoms with E-state index in [0.717, 1.165) is 0 Å². The SMILES string of the molecule is C.[Cl][Ti][Cl]. The van der Waals surface area contributed by atoms with Gasteiger partial charge in [0.15, 0.2) is 0 Å². The van der Waals surface area contributed by atoms with Crippen LogP contribution in [0.4, 0.5) is 0 Å². The average molecular weight is 135 g/mol. The van der Waals surface area contributed by atoms with Gasteiger partial charge >= 0.3 is 35.6 Å². The van der Waals surface area contributed by atoms with Crippen LogP contribution >= 0.6 is 18.6 Å². The van der Waals surface area contributed by atoms with E-state index in [-0.39, 0.29) is 7.43 Å². The van der Waals surface area contributed by atoms with E-state index in [1.165, 1.54) is 0 Å². The van der Waals surface area contributed by atoms with Crippen molar-refractivity contribution in [1.29, 1.82) is 0 Å². The Morgan fingerprint density at radius 1 is 1.25 bits per heavy atom. The van der Waals surface area contributed by atoms with Gasteiger partial charge in [-0.15, -0.1) is 0 Å². The van der Waals surface area contributed by atoms with Crippen molar-refractivity contribution in [2.24, 2.45) is 0 Å². The molecule has 0 aromatic heterocycles. The molecule has 0 N–H and O–H groups in total. The summed E-state index contributed by atoms with van der Waals surface area (Å²) in [4.78, 5) is 0. The summed E-state index contributed by atoms with van der Waals surface area (Å²) in [5, 5.41) is 0. The molecule has 0 unspecified atom stereocenters. The molecular formula is CH4Cl2Ti. The van der Waals surface area contributed by atoms with Gasteiger partial charge in [0.1, 0.15) is 0 Å². The van der Waals surface area contributed by atoms with Crippen molar-refractivity contribution in [2.75, 3.05) is 0 Å². The molecule has 0 saturated heterocycles. The first-order valence-electron chi connectivity index (χ1n) is 0.378. The van der Waals surface area contributed by atoms with Crippen LogP contribution < -0.4 is 0 Å². The maximum atomic E-state index is 4.89. The molecule has 0 aliphatic carbocycles. The van der Waals surface area contributed by atoms with Crippen molar-refractivity contribution in [3.8, 4) is 0 Å². The molecule has 0 spiro atoms. The fraction of sp³-hybridized carbons (Fsp3) is 1.00. The van der Waals surface area contributed by atoms with E-state index in [0.29, 0.717) is 0 Å². The molecule has 0 bridgehead atoms. The van der Waals surface area contributed by atoms with Crippen molar-refractivity contribution in [1.82, 2.24) is 0 Å².